The fourth-order valence-corrected chi connectivity index (χ4v) is 2.66. The van der Waals surface area contributed by atoms with E-state index < -0.39 is 12.2 Å². The van der Waals surface area contributed by atoms with Gasteiger partial charge in [0, 0.05) is 36.5 Å². The molecule has 2 aromatic rings. The molecule has 0 radical (unpaired) electrons. The molecule has 2 amide bonds. The molecule has 1 aromatic heterocycles. The molecule has 3 rings (SSSR count). The zero-order chi connectivity index (χ0) is 18.4. The molecule has 26 heavy (non-hydrogen) atoms. The van der Waals surface area contributed by atoms with E-state index in [1.165, 1.54) is 11.1 Å². The van der Waals surface area contributed by atoms with E-state index in [9.17, 15) is 14.4 Å². The molecule has 7 nitrogen and oxygen atoms in total. The van der Waals surface area contributed by atoms with Crippen molar-refractivity contribution in [3.05, 3.63) is 60.4 Å². The number of nitrogens with zero attached hydrogens (tertiary/aromatic N) is 2. The number of rotatable bonds is 7. The first-order valence-corrected chi connectivity index (χ1v) is 8.36. The molecule has 0 spiro atoms. The van der Waals surface area contributed by atoms with E-state index in [1.54, 1.807) is 18.3 Å². The second-order valence-electron chi connectivity index (χ2n) is 5.92. The first kappa shape index (κ1) is 17.6. The average Bonchev–Trinajstić information content (AvgIpc) is 3.06. The third kappa shape index (κ3) is 4.44. The first-order valence-electron chi connectivity index (χ1n) is 8.36. The van der Waals surface area contributed by atoms with Gasteiger partial charge in [0.2, 0.25) is 5.91 Å². The van der Waals surface area contributed by atoms with Gasteiger partial charge in [-0.2, -0.15) is 0 Å². The van der Waals surface area contributed by atoms with Crippen molar-refractivity contribution in [2.24, 2.45) is 0 Å². The summed E-state index contributed by atoms with van der Waals surface area (Å²) in [6.45, 7) is 0.590. The maximum absolute atomic E-state index is 12.0. The maximum Gasteiger partial charge on any atom is 0.414 e. The summed E-state index contributed by atoms with van der Waals surface area (Å²) in [5.41, 5.74) is 1.25. The van der Waals surface area contributed by atoms with Gasteiger partial charge < -0.3 is 10.1 Å². The molecule has 0 saturated carbocycles. The van der Waals surface area contributed by atoms with Crippen molar-refractivity contribution in [2.75, 3.05) is 18.0 Å². The lowest BCUT2D eigenvalue weighted by Gasteiger charge is -2.12. The summed E-state index contributed by atoms with van der Waals surface area (Å²) in [4.78, 5) is 41.3. The zero-order valence-electron chi connectivity index (χ0n) is 14.1. The zero-order valence-corrected chi connectivity index (χ0v) is 14.1. The van der Waals surface area contributed by atoms with Crippen LogP contribution in [0.4, 0.5) is 10.5 Å². The van der Waals surface area contributed by atoms with Crippen molar-refractivity contribution >= 4 is 23.5 Å². The molecular formula is C19H19N3O4. The highest BCUT2D eigenvalue weighted by Crippen LogP contribution is 2.20. The number of anilines is 1. The van der Waals surface area contributed by atoms with Crippen molar-refractivity contribution in [2.45, 2.75) is 18.9 Å². The van der Waals surface area contributed by atoms with Crippen LogP contribution in [0.15, 0.2) is 54.9 Å². The van der Waals surface area contributed by atoms with Crippen LogP contribution >= 0.6 is 0 Å². The Kier molecular flexibility index (Phi) is 5.58. The molecule has 1 saturated heterocycles. The maximum atomic E-state index is 12.0. The number of benzene rings is 1. The molecule has 1 aliphatic heterocycles. The van der Waals surface area contributed by atoms with Crippen LogP contribution in [0.25, 0.3) is 0 Å². The van der Waals surface area contributed by atoms with Crippen LogP contribution in [0.1, 0.15) is 23.2 Å². The Bertz CT molecular complexity index is 780. The third-order valence-electron chi connectivity index (χ3n) is 4.03. The Morgan fingerprint density at radius 1 is 1.15 bits per heavy atom. The number of aromatic nitrogens is 1. The van der Waals surface area contributed by atoms with E-state index in [2.05, 4.69) is 10.3 Å². The van der Waals surface area contributed by atoms with Gasteiger partial charge >= 0.3 is 6.09 Å². The summed E-state index contributed by atoms with van der Waals surface area (Å²) in [7, 11) is 0. The summed E-state index contributed by atoms with van der Waals surface area (Å²) in [6, 6.07) is 12.6. The van der Waals surface area contributed by atoms with Crippen molar-refractivity contribution in [1.29, 1.82) is 0 Å². The van der Waals surface area contributed by atoms with Crippen LogP contribution in [-0.4, -0.2) is 42.0 Å². The number of para-hydroxylation sites is 1. The number of amides is 2. The fourth-order valence-electron chi connectivity index (χ4n) is 2.66. The monoisotopic (exact) mass is 353 g/mol. The number of Topliss-reactive ketones (excluding diaryl/α,β-unsaturated/α-hetero) is 1. The summed E-state index contributed by atoms with van der Waals surface area (Å²) >= 11 is 0. The quantitative estimate of drug-likeness (QED) is 0.771. The van der Waals surface area contributed by atoms with Crippen LogP contribution in [-0.2, 0) is 9.53 Å². The van der Waals surface area contributed by atoms with E-state index >= 15 is 0 Å². The number of carbonyl (C=O) groups is 3. The van der Waals surface area contributed by atoms with Crippen LogP contribution in [0.5, 0.6) is 0 Å². The number of hydrogen-bond acceptors (Lipinski definition) is 5. The number of cyclic esters (lactones) is 1. The molecule has 0 bridgehead atoms. The van der Waals surface area contributed by atoms with E-state index in [0.717, 1.165) is 5.69 Å². The highest BCUT2D eigenvalue weighted by atomic mass is 16.6. The SMILES string of the molecule is O=C(CCC(=O)c1cccnc1)NCC1CN(c2ccccc2)C(=O)O1. The lowest BCUT2D eigenvalue weighted by Crippen LogP contribution is -2.34. The predicted octanol–water partition coefficient (Wildman–Crippen LogP) is 2.19. The Morgan fingerprint density at radius 3 is 2.69 bits per heavy atom. The molecule has 0 aliphatic carbocycles. The summed E-state index contributed by atoms with van der Waals surface area (Å²) in [6.07, 6.45) is 2.42. The lowest BCUT2D eigenvalue weighted by molar-refractivity contribution is -0.121. The minimum absolute atomic E-state index is 0.0802. The van der Waals surface area contributed by atoms with Crippen LogP contribution in [0.2, 0.25) is 0 Å². The van der Waals surface area contributed by atoms with Gasteiger partial charge in [0.15, 0.2) is 5.78 Å². The highest BCUT2D eigenvalue weighted by Gasteiger charge is 2.32. The predicted molar refractivity (Wildman–Crippen MR) is 94.9 cm³/mol. The van der Waals surface area contributed by atoms with Gasteiger partial charge in [-0.1, -0.05) is 18.2 Å². The van der Waals surface area contributed by atoms with E-state index in [1.807, 2.05) is 30.3 Å². The largest absolute Gasteiger partial charge is 0.442 e. The Hall–Kier alpha value is -3.22. The fraction of sp³-hybridized carbons (Fsp3) is 0.263. The normalized spacial score (nSPS) is 16.2. The van der Waals surface area contributed by atoms with Gasteiger partial charge in [-0.05, 0) is 24.3 Å². The molecule has 1 aromatic carbocycles. The summed E-state index contributed by atoms with van der Waals surface area (Å²) in [5, 5.41) is 2.71. The summed E-state index contributed by atoms with van der Waals surface area (Å²) in [5.74, 6) is -0.382. The second-order valence-corrected chi connectivity index (χ2v) is 5.92. The molecule has 1 atom stereocenters. The minimum Gasteiger partial charge on any atom is -0.442 e. The van der Waals surface area contributed by atoms with Crippen LogP contribution in [0.3, 0.4) is 0 Å². The van der Waals surface area contributed by atoms with Gasteiger partial charge in [0.05, 0.1) is 13.1 Å². The average molecular weight is 353 g/mol. The first-order chi connectivity index (χ1) is 12.6. The van der Waals surface area contributed by atoms with E-state index in [0.29, 0.717) is 12.1 Å². The Morgan fingerprint density at radius 2 is 1.96 bits per heavy atom. The van der Waals surface area contributed by atoms with Crippen LogP contribution in [0, 0.1) is 0 Å². The number of nitrogens with one attached hydrogen (secondary N) is 1. The molecule has 1 fully saturated rings. The Balaban J connectivity index is 1.42. The van der Waals surface area contributed by atoms with Gasteiger partial charge in [0.1, 0.15) is 6.10 Å². The highest BCUT2D eigenvalue weighted by molar-refractivity contribution is 5.97. The topological polar surface area (TPSA) is 88.6 Å². The number of carbonyl (C=O) groups excluding carboxylic acids is 3. The number of hydrogen-bond donors (Lipinski definition) is 1. The Labute approximate surface area is 151 Å². The van der Waals surface area contributed by atoms with E-state index in [4.69, 9.17) is 4.74 Å². The van der Waals surface area contributed by atoms with Crippen molar-refractivity contribution < 1.29 is 19.1 Å². The smallest absolute Gasteiger partial charge is 0.414 e. The van der Waals surface area contributed by atoms with Gasteiger partial charge in [-0.15, -0.1) is 0 Å². The van der Waals surface area contributed by atoms with Gasteiger partial charge in [-0.25, -0.2) is 4.79 Å². The summed E-state index contributed by atoms with van der Waals surface area (Å²) < 4.78 is 5.27. The molecule has 1 N–H and O–H groups in total. The van der Waals surface area contributed by atoms with Gasteiger partial charge in [0.25, 0.3) is 0 Å². The molecule has 1 aliphatic rings. The molecule has 134 valence electrons. The number of ether oxygens (including phenoxy) is 1. The van der Waals surface area contributed by atoms with Crippen molar-refractivity contribution in [1.82, 2.24) is 10.3 Å². The third-order valence-corrected chi connectivity index (χ3v) is 4.03. The molecular weight excluding hydrogens is 334 g/mol. The lowest BCUT2D eigenvalue weighted by atomic mass is 10.1. The number of pyridine rings is 1. The number of ketones is 1. The molecule has 2 heterocycles. The van der Waals surface area contributed by atoms with Crippen molar-refractivity contribution in [3.8, 4) is 0 Å². The van der Waals surface area contributed by atoms with E-state index in [-0.39, 0.29) is 31.1 Å². The van der Waals surface area contributed by atoms with Crippen molar-refractivity contribution in [3.63, 3.8) is 0 Å². The molecule has 1 unspecified atom stereocenters. The van der Waals surface area contributed by atoms with Crippen LogP contribution < -0.4 is 10.2 Å². The van der Waals surface area contributed by atoms with Gasteiger partial charge in [-0.3, -0.25) is 19.5 Å². The molecule has 7 heteroatoms. The second kappa shape index (κ2) is 8.24. The minimum atomic E-state index is -0.429. The standard InChI is InChI=1S/C19H19N3O4/c23-17(14-5-4-10-20-11-14)8-9-18(24)21-12-16-13-22(19(25)26-16)15-6-2-1-3-7-15/h1-7,10-11,16H,8-9,12-13H2,(H,21,24).